The lowest BCUT2D eigenvalue weighted by Crippen LogP contribution is -2.26. The lowest BCUT2D eigenvalue weighted by Gasteiger charge is -2.17. The molecular formula is C17H19F3N2OS. The van der Waals surface area contributed by atoms with Gasteiger partial charge in [-0.3, -0.25) is 4.79 Å². The Hall–Kier alpha value is -1.89. The first-order valence-corrected chi connectivity index (χ1v) is 8.30. The number of rotatable bonds is 4. The van der Waals surface area contributed by atoms with Crippen molar-refractivity contribution in [2.45, 2.75) is 39.4 Å². The fourth-order valence-electron chi connectivity index (χ4n) is 2.18. The molecule has 0 aliphatic rings. The number of hydrogen-bond acceptors (Lipinski definition) is 3. The standard InChI is InChI=1S/C17H19F3N2OS/c1-10(2)15-21-11(3)14(24-15)16(23)22(4)9-12-5-7-13(8-6-12)17(18,19)20/h5-8,10H,9H2,1-4H3. The molecule has 0 radical (unpaired) electrons. The van der Waals surface area contributed by atoms with E-state index in [9.17, 15) is 18.0 Å². The summed E-state index contributed by atoms with van der Waals surface area (Å²) in [5.74, 6) is 0.0762. The third kappa shape index (κ3) is 4.14. The number of nitrogens with zero attached hydrogens (tertiary/aromatic N) is 2. The summed E-state index contributed by atoms with van der Waals surface area (Å²) in [5, 5.41) is 0.902. The van der Waals surface area contributed by atoms with Gasteiger partial charge in [-0.05, 0) is 24.6 Å². The molecular weight excluding hydrogens is 337 g/mol. The molecule has 24 heavy (non-hydrogen) atoms. The number of benzene rings is 1. The van der Waals surface area contributed by atoms with Gasteiger partial charge in [-0.15, -0.1) is 11.3 Å². The fourth-order valence-corrected chi connectivity index (χ4v) is 3.24. The molecule has 1 heterocycles. The predicted molar refractivity (Wildman–Crippen MR) is 88.2 cm³/mol. The van der Waals surface area contributed by atoms with Crippen molar-refractivity contribution in [3.05, 3.63) is 51.0 Å². The molecule has 1 aromatic heterocycles. The van der Waals surface area contributed by atoms with Gasteiger partial charge in [0, 0.05) is 19.5 Å². The second-order valence-corrected chi connectivity index (χ2v) is 7.01. The summed E-state index contributed by atoms with van der Waals surface area (Å²) in [5.41, 5.74) is 0.637. The first-order valence-electron chi connectivity index (χ1n) is 7.48. The minimum Gasteiger partial charge on any atom is -0.337 e. The van der Waals surface area contributed by atoms with Crippen molar-refractivity contribution in [2.24, 2.45) is 0 Å². The van der Waals surface area contributed by atoms with Crippen LogP contribution in [0, 0.1) is 6.92 Å². The molecule has 7 heteroatoms. The van der Waals surface area contributed by atoms with E-state index in [4.69, 9.17) is 0 Å². The summed E-state index contributed by atoms with van der Waals surface area (Å²) in [7, 11) is 1.63. The van der Waals surface area contributed by atoms with Crippen LogP contribution in [-0.2, 0) is 12.7 Å². The molecule has 0 N–H and O–H groups in total. The third-order valence-corrected chi connectivity index (χ3v) is 4.99. The SMILES string of the molecule is Cc1nc(C(C)C)sc1C(=O)N(C)Cc1ccc(C(F)(F)F)cc1. The zero-order valence-corrected chi connectivity index (χ0v) is 14.8. The van der Waals surface area contributed by atoms with Gasteiger partial charge in [0.05, 0.1) is 16.3 Å². The minimum atomic E-state index is -4.35. The maximum absolute atomic E-state index is 12.6. The Morgan fingerprint density at radius 2 is 1.83 bits per heavy atom. The maximum atomic E-state index is 12.6. The van der Waals surface area contributed by atoms with Gasteiger partial charge < -0.3 is 4.90 Å². The quantitative estimate of drug-likeness (QED) is 0.783. The topological polar surface area (TPSA) is 33.2 Å². The number of hydrogen-bond donors (Lipinski definition) is 0. The van der Waals surface area contributed by atoms with Gasteiger partial charge in [0.15, 0.2) is 0 Å². The second-order valence-electron chi connectivity index (χ2n) is 5.98. The fraction of sp³-hybridized carbons (Fsp3) is 0.412. The first-order chi connectivity index (χ1) is 11.1. The number of carbonyl (C=O) groups excluding carboxylic acids is 1. The molecule has 1 amide bonds. The first kappa shape index (κ1) is 18.4. The van der Waals surface area contributed by atoms with Crippen molar-refractivity contribution in [1.29, 1.82) is 0 Å². The Bertz CT molecular complexity index is 720. The lowest BCUT2D eigenvalue weighted by molar-refractivity contribution is -0.137. The number of carbonyl (C=O) groups is 1. The Morgan fingerprint density at radius 1 is 1.25 bits per heavy atom. The van der Waals surface area contributed by atoms with E-state index in [1.165, 1.54) is 28.4 Å². The Kier molecular flexibility index (Phi) is 5.32. The van der Waals surface area contributed by atoms with Crippen LogP contribution < -0.4 is 0 Å². The molecule has 130 valence electrons. The number of aryl methyl sites for hydroxylation is 1. The number of amides is 1. The van der Waals surface area contributed by atoms with E-state index in [-0.39, 0.29) is 18.4 Å². The predicted octanol–water partition coefficient (Wildman–Crippen LogP) is 4.87. The van der Waals surface area contributed by atoms with Crippen LogP contribution in [-0.4, -0.2) is 22.8 Å². The number of alkyl halides is 3. The van der Waals surface area contributed by atoms with E-state index in [1.54, 1.807) is 14.0 Å². The van der Waals surface area contributed by atoms with Crippen molar-refractivity contribution in [1.82, 2.24) is 9.88 Å². The van der Waals surface area contributed by atoms with Crippen molar-refractivity contribution in [3.63, 3.8) is 0 Å². The van der Waals surface area contributed by atoms with Gasteiger partial charge in [0.2, 0.25) is 0 Å². The minimum absolute atomic E-state index is 0.170. The van der Waals surface area contributed by atoms with Gasteiger partial charge in [-0.2, -0.15) is 13.2 Å². The van der Waals surface area contributed by atoms with E-state index in [2.05, 4.69) is 4.98 Å². The van der Waals surface area contributed by atoms with Crippen LogP contribution in [0.2, 0.25) is 0 Å². The maximum Gasteiger partial charge on any atom is 0.416 e. The monoisotopic (exact) mass is 356 g/mol. The molecule has 0 atom stereocenters. The molecule has 0 saturated heterocycles. The second kappa shape index (κ2) is 6.93. The van der Waals surface area contributed by atoms with Gasteiger partial charge in [0.25, 0.3) is 5.91 Å². The summed E-state index contributed by atoms with van der Waals surface area (Å²) in [6.07, 6.45) is -4.35. The lowest BCUT2D eigenvalue weighted by atomic mass is 10.1. The van der Waals surface area contributed by atoms with Crippen LogP contribution >= 0.6 is 11.3 Å². The van der Waals surface area contributed by atoms with Crippen LogP contribution in [0.5, 0.6) is 0 Å². The number of halogens is 3. The highest BCUT2D eigenvalue weighted by Crippen LogP contribution is 2.29. The summed E-state index contributed by atoms with van der Waals surface area (Å²) >= 11 is 1.37. The van der Waals surface area contributed by atoms with Gasteiger partial charge in [-0.1, -0.05) is 26.0 Å². The van der Waals surface area contributed by atoms with Crippen LogP contribution in [0.1, 0.15) is 51.3 Å². The van der Waals surface area contributed by atoms with E-state index in [0.29, 0.717) is 16.1 Å². The van der Waals surface area contributed by atoms with Crippen molar-refractivity contribution < 1.29 is 18.0 Å². The average Bonchev–Trinajstić information content (AvgIpc) is 2.88. The van der Waals surface area contributed by atoms with Crippen LogP contribution in [0.3, 0.4) is 0 Å². The van der Waals surface area contributed by atoms with Crippen LogP contribution in [0.15, 0.2) is 24.3 Å². The van der Waals surface area contributed by atoms with Crippen molar-refractivity contribution in [2.75, 3.05) is 7.05 Å². The highest BCUT2D eigenvalue weighted by atomic mass is 32.1. The van der Waals surface area contributed by atoms with Crippen LogP contribution in [0.4, 0.5) is 13.2 Å². The molecule has 0 saturated carbocycles. The number of aromatic nitrogens is 1. The van der Waals surface area contributed by atoms with Crippen molar-refractivity contribution >= 4 is 17.2 Å². The molecule has 0 spiro atoms. The van der Waals surface area contributed by atoms with Crippen LogP contribution in [0.25, 0.3) is 0 Å². The summed E-state index contributed by atoms with van der Waals surface area (Å²) in [4.78, 5) is 19.0. The number of thiazole rings is 1. The Balaban J connectivity index is 2.12. The molecule has 0 aliphatic heterocycles. The normalized spacial score (nSPS) is 11.8. The smallest absolute Gasteiger partial charge is 0.337 e. The zero-order valence-electron chi connectivity index (χ0n) is 13.9. The van der Waals surface area contributed by atoms with Crippen molar-refractivity contribution in [3.8, 4) is 0 Å². The van der Waals surface area contributed by atoms with E-state index >= 15 is 0 Å². The molecule has 0 aliphatic carbocycles. The molecule has 1 aromatic carbocycles. The zero-order chi connectivity index (χ0) is 18.1. The average molecular weight is 356 g/mol. The molecule has 0 bridgehead atoms. The Morgan fingerprint density at radius 3 is 2.29 bits per heavy atom. The van der Waals surface area contributed by atoms with Gasteiger partial charge in [-0.25, -0.2) is 4.98 Å². The van der Waals surface area contributed by atoms with E-state index in [1.807, 2.05) is 13.8 Å². The molecule has 0 fully saturated rings. The molecule has 0 unspecified atom stereocenters. The van der Waals surface area contributed by atoms with E-state index < -0.39 is 11.7 Å². The molecule has 2 aromatic rings. The highest BCUT2D eigenvalue weighted by Gasteiger charge is 2.30. The van der Waals surface area contributed by atoms with Gasteiger partial charge in [0.1, 0.15) is 4.88 Å². The van der Waals surface area contributed by atoms with Gasteiger partial charge >= 0.3 is 6.18 Å². The third-order valence-electron chi connectivity index (χ3n) is 3.55. The molecule has 3 nitrogen and oxygen atoms in total. The summed E-state index contributed by atoms with van der Waals surface area (Å²) in [6, 6.07) is 4.85. The largest absolute Gasteiger partial charge is 0.416 e. The summed E-state index contributed by atoms with van der Waals surface area (Å²) in [6.45, 7) is 6.06. The Labute approximate surface area is 143 Å². The summed E-state index contributed by atoms with van der Waals surface area (Å²) < 4.78 is 37.7. The van der Waals surface area contributed by atoms with E-state index in [0.717, 1.165) is 17.1 Å². The highest BCUT2D eigenvalue weighted by molar-refractivity contribution is 7.13. The molecule has 2 rings (SSSR count).